The topological polar surface area (TPSA) is 9.23 Å². The molecule has 0 amide bonds. The van der Waals surface area contributed by atoms with Crippen LogP contribution in [0.2, 0.25) is 0 Å². The zero-order chi connectivity index (χ0) is 11.9. The molecule has 0 atom stereocenters. The predicted octanol–water partition coefficient (Wildman–Crippen LogP) is 3.61. The van der Waals surface area contributed by atoms with Crippen LogP contribution in [-0.4, -0.2) is 20.9 Å². The van der Waals surface area contributed by atoms with Crippen LogP contribution in [0.1, 0.15) is 5.56 Å². The molecule has 3 heteroatoms. The zero-order valence-electron chi connectivity index (χ0n) is 9.63. The van der Waals surface area contributed by atoms with E-state index >= 15 is 0 Å². The normalized spacial score (nSPS) is 10.2. The van der Waals surface area contributed by atoms with Crippen molar-refractivity contribution in [3.8, 4) is 5.75 Å². The number of methoxy groups -OCH3 is 1. The first-order valence-electron chi connectivity index (χ1n) is 5.36. The monoisotopic (exact) mass is 310 g/mol. The number of ether oxygens (including phenoxy) is 1. The van der Waals surface area contributed by atoms with Crippen molar-refractivity contribution in [3.63, 3.8) is 0 Å². The van der Waals surface area contributed by atoms with Gasteiger partial charge in [0.15, 0.2) is 0 Å². The van der Waals surface area contributed by atoms with Gasteiger partial charge in [0.1, 0.15) is 0 Å². The van der Waals surface area contributed by atoms with Crippen LogP contribution in [-0.2, 0) is 5.32 Å². The summed E-state index contributed by atoms with van der Waals surface area (Å²) in [6, 6.07) is 18.9. The molecule has 0 aliphatic heterocycles. The first-order valence-corrected chi connectivity index (χ1v) is 9.41. The molecule has 0 aliphatic rings. The Morgan fingerprint density at radius 2 is 1.71 bits per heavy atom. The first kappa shape index (κ1) is 12.6. The van der Waals surface area contributed by atoms with Crippen molar-refractivity contribution in [2.24, 2.45) is 0 Å². The second-order valence-electron chi connectivity index (χ2n) is 3.51. The third-order valence-electron chi connectivity index (χ3n) is 2.28. The fourth-order valence-electron chi connectivity index (χ4n) is 1.36. The number of hydrogen-bond acceptors (Lipinski definition) is 2. The summed E-state index contributed by atoms with van der Waals surface area (Å²) in [7, 11) is 3.66. The third kappa shape index (κ3) is 4.12. The Morgan fingerprint density at radius 1 is 1.00 bits per heavy atom. The average Bonchev–Trinajstić information content (AvgIpc) is 2.41. The van der Waals surface area contributed by atoms with E-state index in [0.717, 1.165) is 11.1 Å². The quantitative estimate of drug-likeness (QED) is 0.780. The van der Waals surface area contributed by atoms with Gasteiger partial charge >= 0.3 is 112 Å². The molecule has 0 saturated heterocycles. The molecule has 0 radical (unpaired) electrons. The molecule has 88 valence electrons. The summed E-state index contributed by atoms with van der Waals surface area (Å²) in [4.78, 5) is 1.36. The molecule has 1 nitrogen and oxygen atoms in total. The summed E-state index contributed by atoms with van der Waals surface area (Å²) in [5, 5.41) is 1.15. The summed E-state index contributed by atoms with van der Waals surface area (Å²) in [5.74, 6) is 0.928. The number of rotatable bonds is 5. The van der Waals surface area contributed by atoms with Crippen molar-refractivity contribution in [2.45, 2.75) is 10.2 Å². The van der Waals surface area contributed by atoms with E-state index in [-0.39, 0.29) is 0 Å². The molecule has 0 N–H and O–H groups in total. The van der Waals surface area contributed by atoms with Gasteiger partial charge < -0.3 is 0 Å². The summed E-state index contributed by atoms with van der Waals surface area (Å²) in [6.45, 7) is 0. The van der Waals surface area contributed by atoms with Gasteiger partial charge in [-0.25, -0.2) is 0 Å². The molecule has 0 heterocycles. The van der Waals surface area contributed by atoms with Gasteiger partial charge in [-0.15, -0.1) is 0 Å². The molecule has 0 spiro atoms. The predicted molar refractivity (Wildman–Crippen MR) is 74.8 cm³/mol. The number of hydrogen-bond donors (Lipinski definition) is 0. The van der Waals surface area contributed by atoms with E-state index in [1.165, 1.54) is 10.5 Å². The van der Waals surface area contributed by atoms with Crippen molar-refractivity contribution in [1.29, 1.82) is 0 Å². The van der Waals surface area contributed by atoms with Crippen LogP contribution in [0, 0.1) is 0 Å². The molecule has 0 bridgehead atoms. The molecular formula is C14H14OSSe. The van der Waals surface area contributed by atoms with Crippen LogP contribution in [0.25, 0.3) is 0 Å². The summed E-state index contributed by atoms with van der Waals surface area (Å²) < 4.78 is 5.14. The minimum atomic E-state index is 0.552. The van der Waals surface area contributed by atoms with Crippen molar-refractivity contribution in [1.82, 2.24) is 0 Å². The molecule has 0 saturated carbocycles. The van der Waals surface area contributed by atoms with Gasteiger partial charge in [0.05, 0.1) is 0 Å². The molecule has 2 aromatic rings. The van der Waals surface area contributed by atoms with Crippen LogP contribution in [0.15, 0.2) is 59.5 Å². The van der Waals surface area contributed by atoms with Crippen LogP contribution < -0.4 is 4.74 Å². The second-order valence-corrected chi connectivity index (χ2v) is 7.52. The summed E-state index contributed by atoms with van der Waals surface area (Å²) >= 11 is 0.552. The fraction of sp³-hybridized carbons (Fsp3) is 0.143. The second kappa shape index (κ2) is 6.75. The van der Waals surface area contributed by atoms with Gasteiger partial charge in [0.2, 0.25) is 0 Å². The van der Waals surface area contributed by atoms with E-state index in [4.69, 9.17) is 4.74 Å². The van der Waals surface area contributed by atoms with Crippen LogP contribution in [0.3, 0.4) is 0 Å². The van der Waals surface area contributed by atoms with Crippen LogP contribution in [0.4, 0.5) is 0 Å². The fourth-order valence-corrected chi connectivity index (χ4v) is 5.15. The van der Waals surface area contributed by atoms with Crippen molar-refractivity contribution in [3.05, 3.63) is 60.2 Å². The number of benzene rings is 2. The SMILES string of the molecule is COc1ccc(C[Se]Sc2ccccc2)cc1. The van der Waals surface area contributed by atoms with Gasteiger partial charge in [-0.1, -0.05) is 0 Å². The summed E-state index contributed by atoms with van der Waals surface area (Å²) in [6.07, 6.45) is 0. The van der Waals surface area contributed by atoms with E-state index < -0.39 is 0 Å². The van der Waals surface area contributed by atoms with Crippen LogP contribution in [0.5, 0.6) is 5.75 Å². The Bertz CT molecular complexity index is 442. The Balaban J connectivity index is 1.82. The molecule has 0 aliphatic carbocycles. The Hall–Kier alpha value is -0.891. The van der Waals surface area contributed by atoms with Gasteiger partial charge in [0.25, 0.3) is 0 Å². The standard InChI is InChI=1S/C14H14OSSe/c1-15-13-9-7-12(8-10-13)11-17-16-14-5-3-2-4-6-14/h2-10H,11H2,1H3. The maximum absolute atomic E-state index is 5.14. The molecule has 2 aromatic carbocycles. The van der Waals surface area contributed by atoms with Crippen molar-refractivity contribution >= 4 is 24.0 Å². The third-order valence-corrected chi connectivity index (χ3v) is 6.38. The van der Waals surface area contributed by atoms with Gasteiger partial charge in [0, 0.05) is 0 Å². The Kier molecular flexibility index (Phi) is 4.99. The Morgan fingerprint density at radius 3 is 2.35 bits per heavy atom. The van der Waals surface area contributed by atoms with E-state index in [2.05, 4.69) is 42.5 Å². The maximum atomic E-state index is 5.14. The minimum absolute atomic E-state index is 0.552. The first-order chi connectivity index (χ1) is 8.38. The average molecular weight is 309 g/mol. The van der Waals surface area contributed by atoms with Gasteiger partial charge in [-0.05, 0) is 0 Å². The summed E-state index contributed by atoms with van der Waals surface area (Å²) in [5.41, 5.74) is 1.38. The zero-order valence-corrected chi connectivity index (χ0v) is 12.2. The van der Waals surface area contributed by atoms with E-state index in [9.17, 15) is 0 Å². The van der Waals surface area contributed by atoms with Crippen molar-refractivity contribution in [2.75, 3.05) is 7.11 Å². The molecule has 17 heavy (non-hydrogen) atoms. The van der Waals surface area contributed by atoms with E-state index in [0.29, 0.717) is 13.8 Å². The molecule has 2 rings (SSSR count). The van der Waals surface area contributed by atoms with Gasteiger partial charge in [-0.2, -0.15) is 0 Å². The van der Waals surface area contributed by atoms with E-state index in [1.54, 1.807) is 7.11 Å². The van der Waals surface area contributed by atoms with Crippen molar-refractivity contribution < 1.29 is 4.74 Å². The molecule has 0 unspecified atom stereocenters. The van der Waals surface area contributed by atoms with E-state index in [1.807, 2.05) is 22.3 Å². The molecule has 0 aromatic heterocycles. The van der Waals surface area contributed by atoms with Crippen LogP contribution >= 0.6 is 10.2 Å². The van der Waals surface area contributed by atoms with Gasteiger partial charge in [-0.3, -0.25) is 0 Å². The molecular weight excluding hydrogens is 295 g/mol. The Labute approximate surface area is 112 Å². The molecule has 0 fully saturated rings.